The highest BCUT2D eigenvalue weighted by Gasteiger charge is 2.56. The van der Waals surface area contributed by atoms with Gasteiger partial charge in [0.05, 0.1) is 42.9 Å². The molecule has 1 N–H and O–H groups in total. The summed E-state index contributed by atoms with van der Waals surface area (Å²) in [5.74, 6) is -4.74. The van der Waals surface area contributed by atoms with E-state index in [-0.39, 0.29) is 30.5 Å². The fraction of sp³-hybridized carbons (Fsp3) is 0.414. The number of ether oxygens (including phenoxy) is 1. The van der Waals surface area contributed by atoms with Crippen LogP contribution in [-0.4, -0.2) is 69.6 Å². The van der Waals surface area contributed by atoms with Crippen LogP contribution < -0.4 is 4.74 Å². The molecule has 2 aliphatic heterocycles. The summed E-state index contributed by atoms with van der Waals surface area (Å²) in [4.78, 5) is 34.2. The monoisotopic (exact) mass is 556 g/mol. The standard InChI is InChI=1S/C29H31F3N4O4/c1-17-12-35(16-33-17)24-6-5-19(11-26(24)40-3)21-13-34(18(2)38)15-29(21)7-4-8-36(28(29)39)25(14-37)20-9-22(30)27(32)23(31)10-20/h5-6,9-12,16,21,25,37H,4,7-8,13-15H2,1-3H3/t21?,25-,29?/m0/s1. The van der Waals surface area contributed by atoms with Gasteiger partial charge in [0.2, 0.25) is 11.8 Å². The van der Waals surface area contributed by atoms with E-state index in [2.05, 4.69) is 4.98 Å². The third kappa shape index (κ3) is 4.61. The van der Waals surface area contributed by atoms with Crippen molar-refractivity contribution >= 4 is 11.8 Å². The van der Waals surface area contributed by atoms with E-state index in [9.17, 15) is 27.9 Å². The Labute approximate surface area is 230 Å². The van der Waals surface area contributed by atoms with Gasteiger partial charge >= 0.3 is 0 Å². The Balaban J connectivity index is 1.55. The number of hydrogen-bond acceptors (Lipinski definition) is 5. The maximum absolute atomic E-state index is 14.3. The number of halogens is 3. The fourth-order valence-corrected chi connectivity index (χ4v) is 6.23. The van der Waals surface area contributed by atoms with Crippen molar-refractivity contribution in [2.75, 3.05) is 33.4 Å². The summed E-state index contributed by atoms with van der Waals surface area (Å²) < 4.78 is 49.4. The number of nitrogens with zero attached hydrogens (tertiary/aromatic N) is 4. The predicted octanol–water partition coefficient (Wildman–Crippen LogP) is 3.89. The Morgan fingerprint density at radius 3 is 2.55 bits per heavy atom. The molecule has 2 fully saturated rings. The van der Waals surface area contributed by atoms with Crippen molar-refractivity contribution in [1.29, 1.82) is 0 Å². The number of methoxy groups -OCH3 is 1. The summed E-state index contributed by atoms with van der Waals surface area (Å²) in [5, 5.41) is 10.2. The molecule has 8 nitrogen and oxygen atoms in total. The van der Waals surface area contributed by atoms with Crippen molar-refractivity contribution in [3.05, 3.63) is 77.1 Å². The first kappa shape index (κ1) is 27.7. The lowest BCUT2D eigenvalue weighted by Gasteiger charge is -2.45. The van der Waals surface area contributed by atoms with Gasteiger partial charge in [0.15, 0.2) is 17.5 Å². The smallest absolute Gasteiger partial charge is 0.231 e. The topological polar surface area (TPSA) is 87.9 Å². The minimum Gasteiger partial charge on any atom is -0.495 e. The van der Waals surface area contributed by atoms with Gasteiger partial charge in [-0.25, -0.2) is 18.2 Å². The first-order chi connectivity index (χ1) is 19.1. The van der Waals surface area contributed by atoms with E-state index in [1.54, 1.807) is 18.3 Å². The van der Waals surface area contributed by atoms with Crippen LogP contribution in [0, 0.1) is 29.8 Å². The Kier molecular flexibility index (Phi) is 7.34. The van der Waals surface area contributed by atoms with Crippen LogP contribution >= 0.6 is 0 Å². The number of aromatic nitrogens is 2. The number of benzene rings is 2. The summed E-state index contributed by atoms with van der Waals surface area (Å²) in [6.07, 6.45) is 4.57. The number of aliphatic hydroxyl groups excluding tert-OH is 1. The van der Waals surface area contributed by atoms with Crippen LogP contribution in [0.25, 0.3) is 5.69 Å². The number of piperidine rings is 1. The fourth-order valence-electron chi connectivity index (χ4n) is 6.23. The van der Waals surface area contributed by atoms with Crippen molar-refractivity contribution < 1.29 is 32.6 Å². The number of imidazole rings is 1. The van der Waals surface area contributed by atoms with Gasteiger partial charge in [0, 0.05) is 38.7 Å². The number of aryl methyl sites for hydroxylation is 1. The van der Waals surface area contributed by atoms with E-state index in [1.165, 1.54) is 11.8 Å². The lowest BCUT2D eigenvalue weighted by Crippen LogP contribution is -2.54. The summed E-state index contributed by atoms with van der Waals surface area (Å²) >= 11 is 0. The quantitative estimate of drug-likeness (QED) is 0.466. The third-order valence-electron chi connectivity index (χ3n) is 8.23. The van der Waals surface area contributed by atoms with Crippen LogP contribution in [0.1, 0.15) is 48.5 Å². The number of amides is 2. The van der Waals surface area contributed by atoms with Crippen molar-refractivity contribution in [2.45, 2.75) is 38.6 Å². The molecule has 212 valence electrons. The summed E-state index contributed by atoms with van der Waals surface area (Å²) in [6.45, 7) is 3.42. The summed E-state index contributed by atoms with van der Waals surface area (Å²) in [7, 11) is 1.55. The Hall–Kier alpha value is -3.86. The minimum absolute atomic E-state index is 0.0380. The molecule has 3 atom stereocenters. The summed E-state index contributed by atoms with van der Waals surface area (Å²) in [5.41, 5.74) is 1.33. The minimum atomic E-state index is -1.61. The number of hydrogen-bond donors (Lipinski definition) is 1. The molecule has 5 rings (SSSR count). The molecule has 2 unspecified atom stereocenters. The molecule has 3 heterocycles. The molecule has 0 aliphatic carbocycles. The average molecular weight is 557 g/mol. The van der Waals surface area contributed by atoms with Gasteiger partial charge in [-0.2, -0.15) is 0 Å². The molecule has 3 aromatic rings. The molecule has 1 aromatic heterocycles. The highest BCUT2D eigenvalue weighted by atomic mass is 19.2. The molecule has 1 spiro atoms. The van der Waals surface area contributed by atoms with Crippen molar-refractivity contribution in [1.82, 2.24) is 19.4 Å². The molecule has 2 aromatic carbocycles. The van der Waals surface area contributed by atoms with Crippen LogP contribution in [0.4, 0.5) is 13.2 Å². The zero-order valence-corrected chi connectivity index (χ0v) is 22.5. The van der Waals surface area contributed by atoms with E-state index < -0.39 is 41.4 Å². The molecule has 0 saturated carbocycles. The number of rotatable bonds is 6. The van der Waals surface area contributed by atoms with Crippen molar-refractivity contribution in [3.8, 4) is 11.4 Å². The van der Waals surface area contributed by atoms with E-state index in [0.29, 0.717) is 25.1 Å². The zero-order valence-electron chi connectivity index (χ0n) is 22.5. The van der Waals surface area contributed by atoms with Crippen LogP contribution in [0.5, 0.6) is 5.75 Å². The molecule has 2 saturated heterocycles. The van der Waals surface area contributed by atoms with E-state index in [1.807, 2.05) is 35.9 Å². The highest BCUT2D eigenvalue weighted by Crippen LogP contribution is 2.51. The second-order valence-corrected chi connectivity index (χ2v) is 10.6. The van der Waals surface area contributed by atoms with Gasteiger partial charge < -0.3 is 24.2 Å². The average Bonchev–Trinajstić information content (AvgIpc) is 3.54. The van der Waals surface area contributed by atoms with Crippen LogP contribution in [-0.2, 0) is 9.59 Å². The highest BCUT2D eigenvalue weighted by molar-refractivity contribution is 5.87. The Bertz CT molecular complexity index is 1440. The van der Waals surface area contributed by atoms with Gasteiger partial charge in [-0.15, -0.1) is 0 Å². The summed E-state index contributed by atoms with van der Waals surface area (Å²) in [6, 6.07) is 6.19. The predicted molar refractivity (Wildman–Crippen MR) is 139 cm³/mol. The normalized spacial score (nSPS) is 21.8. The molecular weight excluding hydrogens is 525 g/mol. The number of carbonyl (C=O) groups is 2. The Morgan fingerprint density at radius 1 is 1.23 bits per heavy atom. The maximum atomic E-state index is 14.3. The molecule has 2 amide bonds. The first-order valence-corrected chi connectivity index (χ1v) is 13.1. The zero-order chi connectivity index (χ0) is 28.8. The number of likely N-dealkylation sites (tertiary alicyclic amines) is 2. The molecule has 0 radical (unpaired) electrons. The lowest BCUT2D eigenvalue weighted by molar-refractivity contribution is -0.151. The molecule has 40 heavy (non-hydrogen) atoms. The van der Waals surface area contributed by atoms with Crippen LogP contribution in [0.15, 0.2) is 42.9 Å². The van der Waals surface area contributed by atoms with E-state index >= 15 is 0 Å². The van der Waals surface area contributed by atoms with E-state index in [4.69, 9.17) is 4.74 Å². The SMILES string of the molecule is COc1cc(C2CN(C(C)=O)CC23CCCN([C@@H](CO)c2cc(F)c(F)c(F)c2)C3=O)ccc1-n1cnc(C)c1. The van der Waals surface area contributed by atoms with Crippen LogP contribution in [0.3, 0.4) is 0 Å². The van der Waals surface area contributed by atoms with Crippen molar-refractivity contribution in [3.63, 3.8) is 0 Å². The first-order valence-electron chi connectivity index (χ1n) is 13.1. The van der Waals surface area contributed by atoms with Gasteiger partial charge in [-0.3, -0.25) is 9.59 Å². The van der Waals surface area contributed by atoms with E-state index in [0.717, 1.165) is 29.1 Å². The van der Waals surface area contributed by atoms with Crippen LogP contribution in [0.2, 0.25) is 0 Å². The van der Waals surface area contributed by atoms with Gasteiger partial charge in [-0.1, -0.05) is 6.07 Å². The second-order valence-electron chi connectivity index (χ2n) is 10.6. The number of aliphatic hydroxyl groups is 1. The van der Waals surface area contributed by atoms with Gasteiger partial charge in [0.25, 0.3) is 0 Å². The molecule has 0 bridgehead atoms. The maximum Gasteiger partial charge on any atom is 0.231 e. The van der Waals surface area contributed by atoms with Crippen molar-refractivity contribution in [2.24, 2.45) is 5.41 Å². The number of carbonyl (C=O) groups excluding carboxylic acids is 2. The second kappa shape index (κ2) is 10.6. The largest absolute Gasteiger partial charge is 0.495 e. The molecule has 11 heteroatoms. The molecule has 2 aliphatic rings. The third-order valence-corrected chi connectivity index (χ3v) is 8.23. The molecular formula is C29H31F3N4O4. The van der Waals surface area contributed by atoms with Gasteiger partial charge in [0.1, 0.15) is 5.75 Å². The lowest BCUT2D eigenvalue weighted by atomic mass is 9.68. The Morgan fingerprint density at radius 2 is 1.95 bits per heavy atom. The van der Waals surface area contributed by atoms with Gasteiger partial charge in [-0.05, 0) is 55.2 Å².